The molecule has 0 radical (unpaired) electrons. The van der Waals surface area contributed by atoms with Gasteiger partial charge in [-0.1, -0.05) is 344 Å². The molecule has 0 aliphatic carbocycles. The summed E-state index contributed by atoms with van der Waals surface area (Å²) in [4.78, 5) is 72.7. The lowest BCUT2D eigenvalue weighted by molar-refractivity contribution is -0.161. The standard InChI is InChI=1S/C78H152O17P2/c1-68(2)54-46-38-30-26-22-18-14-11-9-10-12-16-21-25-29-33-44-52-60-77(82)94-73(65-89-76(81)59-51-43-36-34-40-48-56-70(5)6)66-92-96(84,85)90-62-72(79)63-91-97(86,87)93-67-74(95-78(83)61-53-45-37-35-41-49-57-71(7)8)64-88-75(80)58-50-42-32-28-24-20-17-13-15-19-23-27-31-39-47-55-69(3)4/h68-74,79H,9-67H2,1-8H3,(H,84,85)(H,86,87)/t72?,73-,74-/m1/s1. The largest absolute Gasteiger partial charge is 0.472 e. The van der Waals surface area contributed by atoms with E-state index in [2.05, 4.69) is 55.4 Å². The number of carbonyl (C=O) groups is 4. The number of rotatable bonds is 75. The summed E-state index contributed by atoms with van der Waals surface area (Å²) in [5.41, 5.74) is 0. The number of phosphoric ester groups is 2. The second-order valence-corrected chi connectivity index (χ2v) is 32.9. The zero-order valence-electron chi connectivity index (χ0n) is 63.7. The molecule has 3 N–H and O–H groups in total. The van der Waals surface area contributed by atoms with E-state index in [4.69, 9.17) is 37.0 Å². The highest BCUT2D eigenvalue weighted by molar-refractivity contribution is 7.47. The summed E-state index contributed by atoms with van der Waals surface area (Å²) < 4.78 is 68.5. The van der Waals surface area contributed by atoms with Gasteiger partial charge in [0.15, 0.2) is 12.2 Å². The topological polar surface area (TPSA) is 237 Å². The zero-order valence-corrected chi connectivity index (χ0v) is 65.5. The minimum atomic E-state index is -4.96. The van der Waals surface area contributed by atoms with Crippen LogP contribution in [0.1, 0.15) is 396 Å². The molecule has 0 aliphatic heterocycles. The zero-order chi connectivity index (χ0) is 71.7. The van der Waals surface area contributed by atoms with Gasteiger partial charge in [0, 0.05) is 25.7 Å². The molecule has 0 aromatic rings. The molecule has 0 aromatic carbocycles. The fraction of sp³-hybridized carbons (Fsp3) is 0.949. The molecular formula is C78H152O17P2. The van der Waals surface area contributed by atoms with Gasteiger partial charge in [0.1, 0.15) is 19.3 Å². The van der Waals surface area contributed by atoms with Gasteiger partial charge in [-0.25, -0.2) is 9.13 Å². The van der Waals surface area contributed by atoms with E-state index in [1.165, 1.54) is 193 Å². The van der Waals surface area contributed by atoms with Crippen molar-refractivity contribution < 1.29 is 80.2 Å². The Morgan fingerprint density at radius 3 is 0.639 bits per heavy atom. The summed E-state index contributed by atoms with van der Waals surface area (Å²) in [6, 6.07) is 0. The molecule has 0 saturated heterocycles. The first-order valence-electron chi connectivity index (χ1n) is 40.2. The van der Waals surface area contributed by atoms with Gasteiger partial charge in [0.25, 0.3) is 0 Å². The van der Waals surface area contributed by atoms with Gasteiger partial charge in [-0.15, -0.1) is 0 Å². The van der Waals surface area contributed by atoms with Crippen LogP contribution in [0.5, 0.6) is 0 Å². The Labute approximate surface area is 594 Å². The second-order valence-electron chi connectivity index (χ2n) is 30.0. The van der Waals surface area contributed by atoms with Crippen molar-refractivity contribution in [1.82, 2.24) is 0 Å². The fourth-order valence-corrected chi connectivity index (χ4v) is 13.5. The second kappa shape index (κ2) is 67.2. The Balaban J connectivity index is 5.10. The SMILES string of the molecule is CC(C)CCCCCCCCCCCCCCCCCCCCC(=O)O[C@H](COC(=O)CCCCCCCCC(C)C)COP(=O)(O)OCC(O)COP(=O)(O)OC[C@@H](COC(=O)CCCCCCCCCCCCCCCCCC(C)C)OC(=O)CCCCCCCCC(C)C. The third kappa shape index (κ3) is 72.2. The summed E-state index contributed by atoms with van der Waals surface area (Å²) in [5, 5.41) is 10.6. The highest BCUT2D eigenvalue weighted by Crippen LogP contribution is 2.45. The van der Waals surface area contributed by atoms with Crippen LogP contribution in [-0.2, 0) is 65.4 Å². The number of ether oxygens (including phenoxy) is 4. The molecule has 5 atom stereocenters. The van der Waals surface area contributed by atoms with Crippen LogP contribution in [0.3, 0.4) is 0 Å². The normalized spacial score (nSPS) is 14.1. The van der Waals surface area contributed by atoms with Gasteiger partial charge in [-0.2, -0.15) is 0 Å². The van der Waals surface area contributed by atoms with Gasteiger partial charge in [-0.05, 0) is 49.4 Å². The van der Waals surface area contributed by atoms with E-state index in [-0.39, 0.29) is 25.7 Å². The van der Waals surface area contributed by atoms with Crippen molar-refractivity contribution in [3.8, 4) is 0 Å². The van der Waals surface area contributed by atoms with E-state index in [9.17, 15) is 43.2 Å². The highest BCUT2D eigenvalue weighted by atomic mass is 31.2. The molecule has 3 unspecified atom stereocenters. The van der Waals surface area contributed by atoms with Gasteiger partial charge in [0.2, 0.25) is 0 Å². The number of esters is 4. The lowest BCUT2D eigenvalue weighted by Crippen LogP contribution is -2.30. The van der Waals surface area contributed by atoms with Crippen molar-refractivity contribution in [3.05, 3.63) is 0 Å². The summed E-state index contributed by atoms with van der Waals surface area (Å²) in [6.07, 6.45) is 53.3. The Morgan fingerprint density at radius 1 is 0.258 bits per heavy atom. The van der Waals surface area contributed by atoms with Crippen LogP contribution in [-0.4, -0.2) is 96.7 Å². The van der Waals surface area contributed by atoms with E-state index in [1.54, 1.807) is 0 Å². The number of hydrogen-bond donors (Lipinski definition) is 3. The van der Waals surface area contributed by atoms with Crippen molar-refractivity contribution in [2.75, 3.05) is 39.6 Å². The van der Waals surface area contributed by atoms with Gasteiger partial charge < -0.3 is 33.8 Å². The fourth-order valence-electron chi connectivity index (χ4n) is 11.9. The highest BCUT2D eigenvalue weighted by Gasteiger charge is 2.30. The van der Waals surface area contributed by atoms with Gasteiger partial charge >= 0.3 is 39.5 Å². The molecule has 576 valence electrons. The van der Waals surface area contributed by atoms with E-state index in [1.807, 2.05) is 0 Å². The van der Waals surface area contributed by atoms with Crippen LogP contribution in [0.25, 0.3) is 0 Å². The first-order chi connectivity index (χ1) is 46.6. The van der Waals surface area contributed by atoms with Crippen LogP contribution < -0.4 is 0 Å². The molecule has 0 heterocycles. The summed E-state index contributed by atoms with van der Waals surface area (Å²) in [7, 11) is -9.91. The van der Waals surface area contributed by atoms with Gasteiger partial charge in [-0.3, -0.25) is 37.3 Å². The molecule has 0 spiro atoms. The number of aliphatic hydroxyl groups excluding tert-OH is 1. The minimum Gasteiger partial charge on any atom is -0.462 e. The van der Waals surface area contributed by atoms with E-state index >= 15 is 0 Å². The first kappa shape index (κ1) is 95.1. The average molecular weight is 1420 g/mol. The molecule has 0 bridgehead atoms. The number of hydrogen-bond acceptors (Lipinski definition) is 15. The average Bonchev–Trinajstić information content (AvgIpc) is 3.76. The summed E-state index contributed by atoms with van der Waals surface area (Å²) in [6.45, 7) is 14.1. The molecule has 97 heavy (non-hydrogen) atoms. The van der Waals surface area contributed by atoms with E-state index in [0.29, 0.717) is 37.5 Å². The molecular weight excluding hydrogens is 1270 g/mol. The minimum absolute atomic E-state index is 0.102. The molecule has 0 amide bonds. The first-order valence-corrected chi connectivity index (χ1v) is 43.2. The maximum Gasteiger partial charge on any atom is 0.472 e. The Morgan fingerprint density at radius 2 is 0.433 bits per heavy atom. The Hall–Kier alpha value is -1.94. The van der Waals surface area contributed by atoms with Crippen LogP contribution in [0, 0.1) is 23.7 Å². The smallest absolute Gasteiger partial charge is 0.462 e. The van der Waals surface area contributed by atoms with Crippen LogP contribution in [0.15, 0.2) is 0 Å². The lowest BCUT2D eigenvalue weighted by atomic mass is 10.0. The third-order valence-corrected chi connectivity index (χ3v) is 20.0. The Bertz CT molecular complexity index is 1900. The molecule has 0 saturated carbocycles. The van der Waals surface area contributed by atoms with E-state index < -0.39 is 97.5 Å². The molecule has 0 rings (SSSR count). The van der Waals surface area contributed by atoms with Crippen molar-refractivity contribution >= 4 is 39.5 Å². The third-order valence-electron chi connectivity index (χ3n) is 18.1. The van der Waals surface area contributed by atoms with Crippen molar-refractivity contribution in [2.24, 2.45) is 23.7 Å². The quantitative estimate of drug-likeness (QED) is 0.0222. The molecule has 19 heteroatoms. The predicted molar refractivity (Wildman–Crippen MR) is 395 cm³/mol. The van der Waals surface area contributed by atoms with Crippen LogP contribution >= 0.6 is 15.6 Å². The number of phosphoric acid groups is 2. The monoisotopic (exact) mass is 1420 g/mol. The van der Waals surface area contributed by atoms with E-state index in [0.717, 1.165) is 108 Å². The predicted octanol–water partition coefficient (Wildman–Crippen LogP) is 22.8. The van der Waals surface area contributed by atoms with Gasteiger partial charge in [0.05, 0.1) is 26.4 Å². The molecule has 17 nitrogen and oxygen atoms in total. The summed E-state index contributed by atoms with van der Waals surface area (Å²) >= 11 is 0. The number of unbranched alkanes of at least 4 members (excludes halogenated alkanes) is 41. The molecule has 0 aliphatic rings. The van der Waals surface area contributed by atoms with Crippen LogP contribution in [0.4, 0.5) is 0 Å². The number of aliphatic hydroxyl groups is 1. The maximum atomic E-state index is 13.1. The Kier molecular flexibility index (Phi) is 65.9. The summed E-state index contributed by atoms with van der Waals surface area (Å²) in [5.74, 6) is 0.849. The lowest BCUT2D eigenvalue weighted by Gasteiger charge is -2.21. The number of carbonyl (C=O) groups excluding carboxylic acids is 4. The maximum absolute atomic E-state index is 13.1. The molecule has 0 aromatic heterocycles. The molecule has 0 fully saturated rings. The van der Waals surface area contributed by atoms with Crippen molar-refractivity contribution in [2.45, 2.75) is 414 Å². The van der Waals surface area contributed by atoms with Crippen LogP contribution in [0.2, 0.25) is 0 Å². The van der Waals surface area contributed by atoms with Crippen molar-refractivity contribution in [3.63, 3.8) is 0 Å². The van der Waals surface area contributed by atoms with Crippen molar-refractivity contribution in [1.29, 1.82) is 0 Å².